The van der Waals surface area contributed by atoms with E-state index in [0.29, 0.717) is 4.90 Å². The predicted molar refractivity (Wildman–Crippen MR) is 58.6 cm³/mol. The van der Waals surface area contributed by atoms with Gasteiger partial charge in [0.05, 0.1) is 4.90 Å². The Balaban J connectivity index is 0.000000671. The lowest BCUT2D eigenvalue weighted by molar-refractivity contribution is 0.602. The Morgan fingerprint density at radius 2 is 1.77 bits per heavy atom. The van der Waals surface area contributed by atoms with Gasteiger partial charge in [-0.15, -0.1) is 0 Å². The first-order chi connectivity index (χ1) is 6.00. The second-order valence-electron chi connectivity index (χ2n) is 2.23. The van der Waals surface area contributed by atoms with Crippen molar-refractivity contribution in [3.05, 3.63) is 28.7 Å². The van der Waals surface area contributed by atoms with Crippen LogP contribution in [0.25, 0.3) is 0 Å². The van der Waals surface area contributed by atoms with E-state index in [1.807, 2.05) is 13.8 Å². The molecule has 0 amide bonds. The molecule has 0 saturated heterocycles. The SMILES string of the molecule is CC.CS(=O)(=O)c1cccc(Br)c1. The van der Waals surface area contributed by atoms with Crippen LogP contribution in [0.3, 0.4) is 0 Å². The van der Waals surface area contributed by atoms with Gasteiger partial charge in [0.2, 0.25) is 0 Å². The molecule has 0 fully saturated rings. The topological polar surface area (TPSA) is 34.1 Å². The van der Waals surface area contributed by atoms with Gasteiger partial charge in [-0.05, 0) is 18.2 Å². The van der Waals surface area contributed by atoms with Crippen LogP contribution in [0.1, 0.15) is 13.8 Å². The zero-order valence-corrected chi connectivity index (χ0v) is 10.3. The molecule has 0 N–H and O–H groups in total. The van der Waals surface area contributed by atoms with Crippen LogP contribution in [0, 0.1) is 0 Å². The molecule has 0 aliphatic heterocycles. The highest BCUT2D eigenvalue weighted by Gasteiger charge is 2.05. The second-order valence-corrected chi connectivity index (χ2v) is 5.16. The summed E-state index contributed by atoms with van der Waals surface area (Å²) < 4.78 is 22.7. The summed E-state index contributed by atoms with van der Waals surface area (Å²) in [5.41, 5.74) is 0. The lowest BCUT2D eigenvalue weighted by atomic mass is 10.4. The van der Waals surface area contributed by atoms with Crippen LogP contribution in [-0.4, -0.2) is 14.7 Å². The van der Waals surface area contributed by atoms with Crippen molar-refractivity contribution in [1.29, 1.82) is 0 Å². The van der Waals surface area contributed by atoms with Crippen LogP contribution in [-0.2, 0) is 9.84 Å². The van der Waals surface area contributed by atoms with Gasteiger partial charge in [-0.25, -0.2) is 8.42 Å². The molecule has 0 unspecified atom stereocenters. The molecule has 2 nitrogen and oxygen atoms in total. The van der Waals surface area contributed by atoms with Crippen molar-refractivity contribution in [2.75, 3.05) is 6.26 Å². The number of sulfone groups is 1. The summed E-state index contributed by atoms with van der Waals surface area (Å²) in [5.74, 6) is 0. The maximum Gasteiger partial charge on any atom is 0.175 e. The van der Waals surface area contributed by atoms with E-state index in [2.05, 4.69) is 15.9 Å². The molecule has 0 atom stereocenters. The smallest absolute Gasteiger partial charge is 0.175 e. The molecule has 1 rings (SSSR count). The monoisotopic (exact) mass is 264 g/mol. The molecule has 0 aliphatic carbocycles. The van der Waals surface area contributed by atoms with Gasteiger partial charge >= 0.3 is 0 Å². The lowest BCUT2D eigenvalue weighted by Crippen LogP contribution is -1.95. The number of hydrogen-bond donors (Lipinski definition) is 0. The van der Waals surface area contributed by atoms with E-state index in [0.717, 1.165) is 4.47 Å². The van der Waals surface area contributed by atoms with Crippen molar-refractivity contribution in [3.63, 3.8) is 0 Å². The Labute approximate surface area is 88.0 Å². The van der Waals surface area contributed by atoms with Crippen molar-refractivity contribution < 1.29 is 8.42 Å². The normalized spacial score (nSPS) is 10.2. The Hall–Kier alpha value is -0.350. The fraction of sp³-hybridized carbons (Fsp3) is 0.333. The Bertz CT molecular complexity index is 358. The largest absolute Gasteiger partial charge is 0.224 e. The zero-order chi connectivity index (χ0) is 10.5. The Kier molecular flexibility index (Phi) is 5.25. The average molecular weight is 265 g/mol. The van der Waals surface area contributed by atoms with Gasteiger partial charge in [0.15, 0.2) is 9.84 Å². The molecule has 0 heterocycles. The molecule has 0 aromatic heterocycles. The van der Waals surface area contributed by atoms with Gasteiger partial charge in [-0.3, -0.25) is 0 Å². The standard InChI is InChI=1S/C7H7BrO2S.C2H6/c1-11(9,10)7-4-2-3-6(8)5-7;1-2/h2-5H,1H3;1-2H3. The molecule has 0 bridgehead atoms. The van der Waals surface area contributed by atoms with E-state index < -0.39 is 9.84 Å². The maximum absolute atomic E-state index is 11.0. The highest BCUT2D eigenvalue weighted by molar-refractivity contribution is 9.10. The summed E-state index contributed by atoms with van der Waals surface area (Å²) in [6.45, 7) is 4.00. The molecular weight excluding hydrogens is 252 g/mol. The fourth-order valence-electron chi connectivity index (χ4n) is 0.698. The van der Waals surface area contributed by atoms with Crippen molar-refractivity contribution in [1.82, 2.24) is 0 Å². The van der Waals surface area contributed by atoms with Gasteiger partial charge in [0.1, 0.15) is 0 Å². The number of rotatable bonds is 1. The summed E-state index contributed by atoms with van der Waals surface area (Å²) in [5, 5.41) is 0. The third kappa shape index (κ3) is 4.43. The maximum atomic E-state index is 11.0. The number of benzene rings is 1. The fourth-order valence-corrected chi connectivity index (χ4v) is 1.92. The van der Waals surface area contributed by atoms with Gasteiger partial charge in [-0.1, -0.05) is 35.8 Å². The minimum Gasteiger partial charge on any atom is -0.224 e. The molecule has 0 radical (unpaired) electrons. The first kappa shape index (κ1) is 12.7. The van der Waals surface area contributed by atoms with E-state index in [1.165, 1.54) is 6.26 Å². The minimum absolute atomic E-state index is 0.340. The number of halogens is 1. The average Bonchev–Trinajstić information content (AvgIpc) is 2.06. The first-order valence-corrected chi connectivity index (χ1v) is 6.64. The summed E-state index contributed by atoms with van der Waals surface area (Å²) in [6, 6.07) is 6.63. The lowest BCUT2D eigenvalue weighted by Gasteiger charge is -1.96. The summed E-state index contributed by atoms with van der Waals surface area (Å²) in [7, 11) is -3.06. The minimum atomic E-state index is -3.06. The van der Waals surface area contributed by atoms with Crippen molar-refractivity contribution >= 4 is 25.8 Å². The number of hydrogen-bond acceptors (Lipinski definition) is 2. The molecule has 4 heteroatoms. The van der Waals surface area contributed by atoms with E-state index in [4.69, 9.17) is 0 Å². The van der Waals surface area contributed by atoms with Crippen molar-refractivity contribution in [3.8, 4) is 0 Å². The van der Waals surface area contributed by atoms with Gasteiger partial charge in [0, 0.05) is 10.7 Å². The summed E-state index contributed by atoms with van der Waals surface area (Å²) in [4.78, 5) is 0.340. The summed E-state index contributed by atoms with van der Waals surface area (Å²) >= 11 is 3.19. The molecular formula is C9H13BrO2S. The van der Waals surface area contributed by atoms with E-state index in [9.17, 15) is 8.42 Å². The van der Waals surface area contributed by atoms with Gasteiger partial charge in [-0.2, -0.15) is 0 Å². The highest BCUT2D eigenvalue weighted by Crippen LogP contribution is 2.15. The second kappa shape index (κ2) is 5.40. The van der Waals surface area contributed by atoms with E-state index in [1.54, 1.807) is 24.3 Å². The third-order valence-corrected chi connectivity index (χ3v) is 2.83. The third-order valence-electron chi connectivity index (χ3n) is 1.22. The molecule has 74 valence electrons. The van der Waals surface area contributed by atoms with Crippen LogP contribution in [0.2, 0.25) is 0 Å². The van der Waals surface area contributed by atoms with Gasteiger partial charge < -0.3 is 0 Å². The molecule has 1 aromatic rings. The van der Waals surface area contributed by atoms with Crippen molar-refractivity contribution in [2.24, 2.45) is 0 Å². The predicted octanol–water partition coefficient (Wildman–Crippen LogP) is 2.88. The zero-order valence-electron chi connectivity index (χ0n) is 7.91. The van der Waals surface area contributed by atoms with Gasteiger partial charge in [0.25, 0.3) is 0 Å². The van der Waals surface area contributed by atoms with Crippen LogP contribution in [0.4, 0.5) is 0 Å². The molecule has 0 spiro atoms. The highest BCUT2D eigenvalue weighted by atomic mass is 79.9. The van der Waals surface area contributed by atoms with Crippen LogP contribution >= 0.6 is 15.9 Å². The van der Waals surface area contributed by atoms with Crippen LogP contribution < -0.4 is 0 Å². The summed E-state index contributed by atoms with van der Waals surface area (Å²) in [6.07, 6.45) is 1.19. The molecule has 13 heavy (non-hydrogen) atoms. The van der Waals surface area contributed by atoms with Crippen molar-refractivity contribution in [2.45, 2.75) is 18.7 Å². The van der Waals surface area contributed by atoms with E-state index in [-0.39, 0.29) is 0 Å². The molecule has 0 saturated carbocycles. The van der Waals surface area contributed by atoms with E-state index >= 15 is 0 Å². The van der Waals surface area contributed by atoms with Crippen LogP contribution in [0.5, 0.6) is 0 Å². The first-order valence-electron chi connectivity index (χ1n) is 3.96. The Morgan fingerprint density at radius 3 is 2.08 bits per heavy atom. The Morgan fingerprint density at radius 1 is 1.23 bits per heavy atom. The molecule has 0 aliphatic rings. The van der Waals surface area contributed by atoms with Crippen LogP contribution in [0.15, 0.2) is 33.6 Å². The molecule has 1 aromatic carbocycles. The quantitative estimate of drug-likeness (QED) is 0.782.